The molecule has 2 aromatic carbocycles. The Hall–Kier alpha value is -3.55. The number of hydrogen-bond acceptors (Lipinski definition) is 6. The number of nitrogens with zero attached hydrogens (tertiary/aromatic N) is 3. The van der Waals surface area contributed by atoms with E-state index in [9.17, 15) is 8.78 Å². The van der Waals surface area contributed by atoms with Crippen LogP contribution in [0.25, 0.3) is 11.1 Å². The van der Waals surface area contributed by atoms with Crippen LogP contribution in [0, 0.1) is 6.92 Å². The van der Waals surface area contributed by atoms with E-state index >= 15 is 0 Å². The van der Waals surface area contributed by atoms with Gasteiger partial charge in [-0.3, -0.25) is 0 Å². The molecule has 0 aliphatic carbocycles. The minimum Gasteiger partial charge on any atom is -0.462 e. The van der Waals surface area contributed by atoms with Crippen LogP contribution in [-0.4, -0.2) is 29.2 Å². The summed E-state index contributed by atoms with van der Waals surface area (Å²) in [5, 5.41) is 0. The van der Waals surface area contributed by atoms with Gasteiger partial charge in [-0.25, -0.2) is 15.0 Å². The molecular weight excluding hydrogens is 378 g/mol. The normalized spacial score (nSPS) is 18.4. The first-order valence-corrected chi connectivity index (χ1v) is 8.88. The van der Waals surface area contributed by atoms with Crippen molar-refractivity contribution in [1.29, 1.82) is 0 Å². The Morgan fingerprint density at radius 2 is 1.83 bits per heavy atom. The molecule has 29 heavy (non-hydrogen) atoms. The van der Waals surface area contributed by atoms with Crippen LogP contribution in [0.1, 0.15) is 16.7 Å². The monoisotopic (exact) mass is 396 g/mol. The molecule has 0 fully saturated rings. The van der Waals surface area contributed by atoms with Crippen molar-refractivity contribution in [2.75, 3.05) is 6.61 Å². The van der Waals surface area contributed by atoms with Crippen LogP contribution >= 0.6 is 0 Å². The summed E-state index contributed by atoms with van der Waals surface area (Å²) >= 11 is 0. The van der Waals surface area contributed by atoms with Crippen molar-refractivity contribution in [2.45, 2.75) is 19.1 Å². The smallest absolute Gasteiger partial charge is 0.387 e. The summed E-state index contributed by atoms with van der Waals surface area (Å²) in [4.78, 5) is 12.7. The molecule has 1 aromatic heterocycles. The number of aliphatic imine (C=N–C) groups is 1. The Morgan fingerprint density at radius 3 is 2.48 bits per heavy atom. The third-order valence-corrected chi connectivity index (χ3v) is 4.83. The highest BCUT2D eigenvalue weighted by atomic mass is 19.3. The minimum absolute atomic E-state index is 0.0732. The first-order valence-electron chi connectivity index (χ1n) is 8.88. The number of amidine groups is 1. The van der Waals surface area contributed by atoms with Crippen molar-refractivity contribution >= 4 is 6.02 Å². The molecule has 1 aliphatic rings. The van der Waals surface area contributed by atoms with Gasteiger partial charge in [0.1, 0.15) is 18.7 Å². The first-order chi connectivity index (χ1) is 14.0. The lowest BCUT2D eigenvalue weighted by Gasteiger charge is -2.26. The molecule has 6 nitrogen and oxygen atoms in total. The molecule has 2 N–H and O–H groups in total. The quantitative estimate of drug-likeness (QED) is 0.712. The molecule has 3 aromatic rings. The maximum absolute atomic E-state index is 12.6. The van der Waals surface area contributed by atoms with Gasteiger partial charge in [-0.15, -0.1) is 0 Å². The minimum atomic E-state index is -2.89. The Balaban J connectivity index is 1.81. The van der Waals surface area contributed by atoms with Gasteiger partial charge in [0.15, 0.2) is 5.54 Å². The second-order valence-corrected chi connectivity index (χ2v) is 6.67. The molecule has 0 bridgehead atoms. The number of aryl methyl sites for hydroxylation is 1. The first kappa shape index (κ1) is 18.8. The summed E-state index contributed by atoms with van der Waals surface area (Å²) in [5.41, 5.74) is 8.90. The van der Waals surface area contributed by atoms with Crippen LogP contribution in [0.3, 0.4) is 0 Å². The zero-order valence-corrected chi connectivity index (χ0v) is 15.5. The highest BCUT2D eigenvalue weighted by Gasteiger charge is 2.40. The largest absolute Gasteiger partial charge is 0.462 e. The lowest BCUT2D eigenvalue weighted by atomic mass is 9.82. The van der Waals surface area contributed by atoms with Crippen LogP contribution in [0.5, 0.6) is 5.75 Å². The number of benzene rings is 2. The summed E-state index contributed by atoms with van der Waals surface area (Å²) in [7, 11) is 0. The van der Waals surface area contributed by atoms with E-state index in [1.807, 2.05) is 24.3 Å². The van der Waals surface area contributed by atoms with E-state index in [-0.39, 0.29) is 18.4 Å². The zero-order valence-electron chi connectivity index (χ0n) is 15.5. The molecule has 0 spiro atoms. The van der Waals surface area contributed by atoms with Crippen LogP contribution in [-0.2, 0) is 10.3 Å². The number of nitrogens with two attached hydrogens (primary N) is 1. The second-order valence-electron chi connectivity index (χ2n) is 6.67. The molecule has 0 saturated carbocycles. The molecule has 1 unspecified atom stereocenters. The van der Waals surface area contributed by atoms with Gasteiger partial charge in [0.25, 0.3) is 6.02 Å². The molecule has 0 radical (unpaired) electrons. The summed E-state index contributed by atoms with van der Waals surface area (Å²) in [6, 6.07) is 12.8. The predicted octanol–water partition coefficient (Wildman–Crippen LogP) is 3.64. The Morgan fingerprint density at radius 1 is 1.07 bits per heavy atom. The van der Waals surface area contributed by atoms with E-state index in [2.05, 4.69) is 19.7 Å². The van der Waals surface area contributed by atoms with E-state index in [4.69, 9.17) is 10.5 Å². The topological polar surface area (TPSA) is 82.6 Å². The molecule has 1 aliphatic heterocycles. The Kier molecular flexibility index (Phi) is 4.84. The number of alkyl halides is 2. The van der Waals surface area contributed by atoms with Crippen LogP contribution in [0.2, 0.25) is 0 Å². The Labute approximate surface area is 166 Å². The number of rotatable bonds is 5. The summed E-state index contributed by atoms with van der Waals surface area (Å²) in [6.45, 7) is -0.987. The number of ether oxygens (including phenoxy) is 2. The van der Waals surface area contributed by atoms with Gasteiger partial charge in [-0.2, -0.15) is 8.78 Å². The van der Waals surface area contributed by atoms with E-state index in [0.717, 1.165) is 22.3 Å². The summed E-state index contributed by atoms with van der Waals surface area (Å²) < 4.78 is 35.3. The van der Waals surface area contributed by atoms with Crippen LogP contribution in [0.15, 0.2) is 66.2 Å². The molecule has 0 amide bonds. The van der Waals surface area contributed by atoms with Crippen LogP contribution < -0.4 is 10.5 Å². The van der Waals surface area contributed by atoms with Crippen molar-refractivity contribution in [3.63, 3.8) is 0 Å². The van der Waals surface area contributed by atoms with E-state index in [1.54, 1.807) is 31.5 Å². The van der Waals surface area contributed by atoms with Crippen molar-refractivity contribution in [3.8, 4) is 16.9 Å². The van der Waals surface area contributed by atoms with E-state index in [0.29, 0.717) is 5.56 Å². The summed E-state index contributed by atoms with van der Waals surface area (Å²) in [5.74, 6) is 0.116. The van der Waals surface area contributed by atoms with Crippen molar-refractivity contribution in [3.05, 3.63) is 77.9 Å². The average molecular weight is 396 g/mol. The summed E-state index contributed by atoms with van der Waals surface area (Å²) in [6.07, 6.45) is 4.92. The van der Waals surface area contributed by atoms with E-state index < -0.39 is 12.2 Å². The molecule has 4 rings (SSSR count). The van der Waals surface area contributed by atoms with Crippen LogP contribution in [0.4, 0.5) is 8.78 Å². The number of halogens is 2. The predicted molar refractivity (Wildman–Crippen MR) is 104 cm³/mol. The van der Waals surface area contributed by atoms with Crippen molar-refractivity contribution < 1.29 is 18.3 Å². The highest BCUT2D eigenvalue weighted by Crippen LogP contribution is 2.40. The lowest BCUT2D eigenvalue weighted by molar-refractivity contribution is -0.0503. The molecule has 2 heterocycles. The van der Waals surface area contributed by atoms with Gasteiger partial charge in [0.05, 0.1) is 0 Å². The van der Waals surface area contributed by atoms with Gasteiger partial charge in [0.2, 0.25) is 0 Å². The third kappa shape index (κ3) is 3.61. The fourth-order valence-corrected chi connectivity index (χ4v) is 3.43. The molecule has 148 valence electrons. The second kappa shape index (κ2) is 7.46. The number of aromatic nitrogens is 2. The fraction of sp³-hybridized carbons (Fsp3) is 0.190. The van der Waals surface area contributed by atoms with Gasteiger partial charge in [0, 0.05) is 18.0 Å². The van der Waals surface area contributed by atoms with Crippen molar-refractivity contribution in [1.82, 2.24) is 9.97 Å². The highest BCUT2D eigenvalue weighted by molar-refractivity contribution is 5.75. The van der Waals surface area contributed by atoms with Gasteiger partial charge in [-0.05, 0) is 47.4 Å². The maximum Gasteiger partial charge on any atom is 0.387 e. The van der Waals surface area contributed by atoms with Gasteiger partial charge >= 0.3 is 6.61 Å². The Bertz CT molecular complexity index is 1060. The van der Waals surface area contributed by atoms with E-state index in [1.165, 1.54) is 12.4 Å². The molecular formula is C21H18F2N4O2. The van der Waals surface area contributed by atoms with Gasteiger partial charge < -0.3 is 15.2 Å². The molecule has 8 heteroatoms. The standard InChI is InChI=1S/C21H18F2N4O2/c1-13-7-17(5-6-18(13)29-19(22)23)21(11-28-20(24)27-21)16-4-2-3-14(8-16)15-9-25-12-26-10-15/h2-10,12,19H,11H2,1H3,(H2,24,27). The zero-order chi connectivity index (χ0) is 20.4. The molecule has 1 atom stereocenters. The fourth-order valence-electron chi connectivity index (χ4n) is 3.43. The third-order valence-electron chi connectivity index (χ3n) is 4.83. The van der Waals surface area contributed by atoms with Crippen molar-refractivity contribution in [2.24, 2.45) is 10.7 Å². The maximum atomic E-state index is 12.6. The SMILES string of the molecule is Cc1cc(C2(c3cccc(-c4cncnc4)c3)COC(N)=N2)ccc1OC(F)F. The lowest BCUT2D eigenvalue weighted by Crippen LogP contribution is -2.27. The number of hydrogen-bond donors (Lipinski definition) is 1. The molecule has 0 saturated heterocycles. The van der Waals surface area contributed by atoms with Gasteiger partial charge in [-0.1, -0.05) is 24.3 Å². The average Bonchev–Trinajstić information content (AvgIpc) is 3.13.